The van der Waals surface area contributed by atoms with Gasteiger partial charge in [-0.1, -0.05) is 30.7 Å². The fraction of sp³-hybridized carbons (Fsp3) is 0.333. The maximum Gasteiger partial charge on any atom is 0.119 e. The molecule has 0 amide bonds. The van der Waals surface area contributed by atoms with Crippen molar-refractivity contribution in [2.45, 2.75) is 33.2 Å². The molecule has 1 N–H and O–H groups in total. The summed E-state index contributed by atoms with van der Waals surface area (Å²) in [7, 11) is 0. The average molecular weight is 304 g/mol. The molecule has 112 valence electrons. The van der Waals surface area contributed by atoms with E-state index in [0.717, 1.165) is 22.9 Å². The molecule has 21 heavy (non-hydrogen) atoms. The molecule has 2 aromatic rings. The second kappa shape index (κ2) is 7.37. The van der Waals surface area contributed by atoms with Gasteiger partial charge in [0.2, 0.25) is 0 Å². The Kier molecular flexibility index (Phi) is 5.51. The monoisotopic (exact) mass is 303 g/mol. The van der Waals surface area contributed by atoms with Gasteiger partial charge < -0.3 is 10.1 Å². The summed E-state index contributed by atoms with van der Waals surface area (Å²) in [6, 6.07) is 14.4. The summed E-state index contributed by atoms with van der Waals surface area (Å²) >= 11 is 6.09. The van der Waals surface area contributed by atoms with Gasteiger partial charge in [0, 0.05) is 10.7 Å². The van der Waals surface area contributed by atoms with Crippen molar-refractivity contribution in [2.24, 2.45) is 0 Å². The van der Waals surface area contributed by atoms with Gasteiger partial charge >= 0.3 is 0 Å². The van der Waals surface area contributed by atoms with Gasteiger partial charge in [0.15, 0.2) is 0 Å². The molecular formula is C18H22ClNO. The van der Waals surface area contributed by atoms with Crippen molar-refractivity contribution in [1.82, 2.24) is 0 Å². The standard InChI is InChI=1S/C18H22ClNO/c1-4-17(14-7-6-8-15(19)12-14)20-18-10-9-16(21-5-2)11-13(18)3/h6-12,17,20H,4-5H2,1-3H3. The Hall–Kier alpha value is -1.67. The number of hydrogen-bond acceptors (Lipinski definition) is 2. The van der Waals surface area contributed by atoms with Crippen LogP contribution in [0.25, 0.3) is 0 Å². The van der Waals surface area contributed by atoms with Gasteiger partial charge in [-0.05, 0) is 61.7 Å². The molecule has 0 fully saturated rings. The third-order valence-electron chi connectivity index (χ3n) is 3.50. The van der Waals surface area contributed by atoms with E-state index in [1.54, 1.807) is 0 Å². The first kappa shape index (κ1) is 15.7. The summed E-state index contributed by atoms with van der Waals surface area (Å²) in [5.41, 5.74) is 3.52. The summed E-state index contributed by atoms with van der Waals surface area (Å²) in [6.07, 6.45) is 0.993. The van der Waals surface area contributed by atoms with Crippen LogP contribution in [-0.4, -0.2) is 6.61 Å². The Balaban J connectivity index is 2.19. The lowest BCUT2D eigenvalue weighted by atomic mass is 10.0. The van der Waals surface area contributed by atoms with Crippen LogP contribution in [0.15, 0.2) is 42.5 Å². The van der Waals surface area contributed by atoms with Crippen LogP contribution in [0.5, 0.6) is 5.75 Å². The summed E-state index contributed by atoms with van der Waals surface area (Å²) < 4.78 is 5.53. The molecule has 2 aromatic carbocycles. The Morgan fingerprint density at radius 1 is 1.14 bits per heavy atom. The van der Waals surface area contributed by atoms with Crippen LogP contribution in [0.1, 0.15) is 37.4 Å². The average Bonchev–Trinajstić information content (AvgIpc) is 2.47. The highest BCUT2D eigenvalue weighted by molar-refractivity contribution is 6.30. The summed E-state index contributed by atoms with van der Waals surface area (Å²) in [5.74, 6) is 0.913. The third kappa shape index (κ3) is 4.15. The lowest BCUT2D eigenvalue weighted by Gasteiger charge is -2.21. The number of nitrogens with one attached hydrogen (secondary N) is 1. The number of aryl methyl sites for hydroxylation is 1. The van der Waals surface area contributed by atoms with Crippen LogP contribution in [0.4, 0.5) is 5.69 Å². The van der Waals surface area contributed by atoms with E-state index in [1.165, 1.54) is 11.1 Å². The molecule has 0 spiro atoms. The highest BCUT2D eigenvalue weighted by Crippen LogP contribution is 2.28. The Bertz CT molecular complexity index is 598. The molecule has 1 unspecified atom stereocenters. The van der Waals surface area contributed by atoms with E-state index >= 15 is 0 Å². The number of hydrogen-bond donors (Lipinski definition) is 1. The van der Waals surface area contributed by atoms with Gasteiger partial charge in [0.1, 0.15) is 5.75 Å². The maximum atomic E-state index is 6.09. The molecule has 1 atom stereocenters. The highest BCUT2D eigenvalue weighted by Gasteiger charge is 2.11. The van der Waals surface area contributed by atoms with Crippen molar-refractivity contribution < 1.29 is 4.74 Å². The number of benzene rings is 2. The van der Waals surface area contributed by atoms with Crippen molar-refractivity contribution in [3.05, 3.63) is 58.6 Å². The zero-order chi connectivity index (χ0) is 15.2. The van der Waals surface area contributed by atoms with Gasteiger partial charge in [0.05, 0.1) is 12.6 Å². The molecule has 3 heteroatoms. The zero-order valence-electron chi connectivity index (χ0n) is 12.8. The quantitative estimate of drug-likeness (QED) is 0.749. The molecule has 0 saturated heterocycles. The Morgan fingerprint density at radius 3 is 2.57 bits per heavy atom. The molecule has 0 aliphatic carbocycles. The minimum Gasteiger partial charge on any atom is -0.494 e. The molecule has 0 aliphatic rings. The van der Waals surface area contributed by atoms with Gasteiger partial charge in [-0.3, -0.25) is 0 Å². The molecule has 0 radical (unpaired) electrons. The van der Waals surface area contributed by atoms with E-state index in [1.807, 2.05) is 31.2 Å². The molecule has 2 rings (SSSR count). The van der Waals surface area contributed by atoms with Crippen molar-refractivity contribution >= 4 is 17.3 Å². The van der Waals surface area contributed by atoms with E-state index in [9.17, 15) is 0 Å². The molecule has 0 bridgehead atoms. The number of halogens is 1. The van der Waals surface area contributed by atoms with Crippen LogP contribution in [0.3, 0.4) is 0 Å². The predicted octanol–water partition coefficient (Wildman–Crippen LogP) is 5.61. The van der Waals surface area contributed by atoms with Gasteiger partial charge in [-0.2, -0.15) is 0 Å². The van der Waals surface area contributed by atoms with Crippen LogP contribution < -0.4 is 10.1 Å². The Morgan fingerprint density at radius 2 is 1.95 bits per heavy atom. The van der Waals surface area contributed by atoms with Crippen molar-refractivity contribution in [2.75, 3.05) is 11.9 Å². The van der Waals surface area contributed by atoms with Crippen molar-refractivity contribution in [3.8, 4) is 5.75 Å². The smallest absolute Gasteiger partial charge is 0.119 e. The second-order valence-electron chi connectivity index (χ2n) is 5.07. The zero-order valence-corrected chi connectivity index (χ0v) is 13.6. The van der Waals surface area contributed by atoms with Crippen LogP contribution >= 0.6 is 11.6 Å². The molecule has 0 heterocycles. The maximum absolute atomic E-state index is 6.09. The first-order chi connectivity index (χ1) is 10.1. The minimum atomic E-state index is 0.250. The lowest BCUT2D eigenvalue weighted by Crippen LogP contribution is -2.10. The lowest BCUT2D eigenvalue weighted by molar-refractivity contribution is 0.340. The molecular weight excluding hydrogens is 282 g/mol. The van der Waals surface area contributed by atoms with Crippen LogP contribution in [0.2, 0.25) is 5.02 Å². The largest absolute Gasteiger partial charge is 0.494 e. The molecule has 0 aliphatic heterocycles. The number of anilines is 1. The fourth-order valence-electron chi connectivity index (χ4n) is 2.39. The first-order valence-corrected chi connectivity index (χ1v) is 7.77. The third-order valence-corrected chi connectivity index (χ3v) is 3.73. The fourth-order valence-corrected chi connectivity index (χ4v) is 2.59. The second-order valence-corrected chi connectivity index (χ2v) is 5.51. The first-order valence-electron chi connectivity index (χ1n) is 7.39. The van der Waals surface area contributed by atoms with Gasteiger partial charge in [-0.15, -0.1) is 0 Å². The molecule has 2 nitrogen and oxygen atoms in total. The summed E-state index contributed by atoms with van der Waals surface area (Å²) in [4.78, 5) is 0. The van der Waals surface area contributed by atoms with Crippen molar-refractivity contribution in [1.29, 1.82) is 0 Å². The molecule has 0 aromatic heterocycles. The highest BCUT2D eigenvalue weighted by atomic mass is 35.5. The normalized spacial score (nSPS) is 12.0. The predicted molar refractivity (Wildman–Crippen MR) is 90.5 cm³/mol. The topological polar surface area (TPSA) is 21.3 Å². The number of rotatable bonds is 6. The Labute approximate surface area is 132 Å². The van der Waals surface area contributed by atoms with Gasteiger partial charge in [0.25, 0.3) is 0 Å². The van der Waals surface area contributed by atoms with E-state index in [2.05, 4.69) is 37.4 Å². The van der Waals surface area contributed by atoms with Crippen LogP contribution in [-0.2, 0) is 0 Å². The molecule has 0 saturated carbocycles. The van der Waals surface area contributed by atoms with Gasteiger partial charge in [-0.25, -0.2) is 0 Å². The van der Waals surface area contributed by atoms with Crippen LogP contribution in [0, 0.1) is 6.92 Å². The van der Waals surface area contributed by atoms with E-state index < -0.39 is 0 Å². The van der Waals surface area contributed by atoms with E-state index in [-0.39, 0.29) is 6.04 Å². The summed E-state index contributed by atoms with van der Waals surface area (Å²) in [5, 5.41) is 4.37. The van der Waals surface area contributed by atoms with E-state index in [0.29, 0.717) is 6.61 Å². The van der Waals surface area contributed by atoms with E-state index in [4.69, 9.17) is 16.3 Å². The SMILES string of the molecule is CCOc1ccc(NC(CC)c2cccc(Cl)c2)c(C)c1. The minimum absolute atomic E-state index is 0.250. The summed E-state index contributed by atoms with van der Waals surface area (Å²) in [6.45, 7) is 6.94. The number of ether oxygens (including phenoxy) is 1. The van der Waals surface area contributed by atoms with Crippen molar-refractivity contribution in [3.63, 3.8) is 0 Å².